The smallest absolute Gasteiger partial charge is 0.237 e. The van der Waals surface area contributed by atoms with Crippen LogP contribution in [0.15, 0.2) is 0 Å². The highest BCUT2D eigenvalue weighted by atomic mass is 16.2. The molecule has 2 saturated carbocycles. The van der Waals surface area contributed by atoms with Crippen molar-refractivity contribution >= 4 is 5.91 Å². The number of amides is 1. The molecular weight excluding hydrogens is 212 g/mol. The Morgan fingerprint density at radius 1 is 1.47 bits per heavy atom. The molecule has 0 aromatic carbocycles. The van der Waals surface area contributed by atoms with Gasteiger partial charge in [0.2, 0.25) is 5.91 Å². The Balaban J connectivity index is 2.13. The predicted octanol–water partition coefficient (Wildman–Crippen LogP) is 2.05. The predicted molar refractivity (Wildman–Crippen MR) is 69.4 cm³/mol. The van der Waals surface area contributed by atoms with Gasteiger partial charge in [0.05, 0.1) is 6.04 Å². The Hall–Kier alpha value is -0.570. The Labute approximate surface area is 105 Å². The zero-order chi connectivity index (χ0) is 12.8. The van der Waals surface area contributed by atoms with E-state index in [2.05, 4.69) is 26.1 Å². The van der Waals surface area contributed by atoms with Crippen molar-refractivity contribution in [2.24, 2.45) is 22.5 Å². The largest absolute Gasteiger partial charge is 0.351 e. The molecule has 0 radical (unpaired) electrons. The molecule has 98 valence electrons. The zero-order valence-corrected chi connectivity index (χ0v) is 11.5. The molecule has 0 saturated heterocycles. The lowest BCUT2D eigenvalue weighted by Gasteiger charge is -2.43. The second-order valence-corrected chi connectivity index (χ2v) is 6.87. The van der Waals surface area contributed by atoms with Crippen molar-refractivity contribution in [1.82, 2.24) is 5.32 Å². The van der Waals surface area contributed by atoms with Crippen molar-refractivity contribution in [2.75, 3.05) is 0 Å². The van der Waals surface area contributed by atoms with E-state index >= 15 is 0 Å². The number of nitrogens with one attached hydrogen (secondary N) is 1. The second kappa shape index (κ2) is 3.98. The summed E-state index contributed by atoms with van der Waals surface area (Å²) in [7, 11) is 0. The van der Waals surface area contributed by atoms with Crippen molar-refractivity contribution in [3.63, 3.8) is 0 Å². The van der Waals surface area contributed by atoms with Crippen LogP contribution in [0, 0.1) is 16.7 Å². The van der Waals surface area contributed by atoms with Gasteiger partial charge in [-0.3, -0.25) is 4.79 Å². The van der Waals surface area contributed by atoms with Crippen LogP contribution in [0.1, 0.15) is 53.4 Å². The SMILES string of the molecule is CCC(N)C(=O)NC1C2(C)CCC(C2)C1(C)C. The molecule has 2 aliphatic rings. The van der Waals surface area contributed by atoms with Gasteiger partial charge in [-0.1, -0.05) is 27.7 Å². The van der Waals surface area contributed by atoms with Crippen LogP contribution in [0.2, 0.25) is 0 Å². The van der Waals surface area contributed by atoms with Crippen LogP contribution in [0.3, 0.4) is 0 Å². The minimum atomic E-state index is -0.353. The molecule has 0 aliphatic heterocycles. The van der Waals surface area contributed by atoms with Crippen molar-refractivity contribution in [3.8, 4) is 0 Å². The first kappa shape index (κ1) is 12.9. The fourth-order valence-corrected chi connectivity index (χ4v) is 4.10. The van der Waals surface area contributed by atoms with Crippen molar-refractivity contribution in [3.05, 3.63) is 0 Å². The molecule has 0 heterocycles. The minimum absolute atomic E-state index is 0.0272. The molecule has 3 nitrogen and oxygen atoms in total. The normalized spacial score (nSPS) is 40.3. The first-order valence-corrected chi connectivity index (χ1v) is 6.87. The molecule has 2 aliphatic carbocycles. The van der Waals surface area contributed by atoms with Crippen LogP contribution in [-0.4, -0.2) is 18.0 Å². The third-order valence-electron chi connectivity index (χ3n) is 5.33. The van der Waals surface area contributed by atoms with E-state index in [0.29, 0.717) is 12.5 Å². The highest BCUT2D eigenvalue weighted by Crippen LogP contribution is 2.62. The standard InChI is InChI=1S/C14H26N2O/c1-5-10(15)11(17)16-12-13(2,3)9-6-7-14(12,4)8-9/h9-10,12H,5-8,15H2,1-4H3,(H,16,17). The van der Waals surface area contributed by atoms with Gasteiger partial charge >= 0.3 is 0 Å². The molecule has 4 unspecified atom stereocenters. The Bertz CT molecular complexity index is 321. The molecule has 1 amide bonds. The summed E-state index contributed by atoms with van der Waals surface area (Å²) in [6.07, 6.45) is 4.52. The summed E-state index contributed by atoms with van der Waals surface area (Å²) in [6, 6.07) is -0.0626. The van der Waals surface area contributed by atoms with E-state index in [-0.39, 0.29) is 22.8 Å². The van der Waals surface area contributed by atoms with Gasteiger partial charge in [-0.15, -0.1) is 0 Å². The number of carbonyl (C=O) groups is 1. The molecule has 3 heteroatoms. The number of rotatable bonds is 3. The number of nitrogens with two attached hydrogens (primary N) is 1. The van der Waals surface area contributed by atoms with Gasteiger partial charge in [-0.25, -0.2) is 0 Å². The van der Waals surface area contributed by atoms with Crippen LogP contribution in [0.5, 0.6) is 0 Å². The molecule has 2 bridgehead atoms. The van der Waals surface area contributed by atoms with Gasteiger partial charge in [0, 0.05) is 6.04 Å². The maximum Gasteiger partial charge on any atom is 0.237 e. The summed E-state index contributed by atoms with van der Waals surface area (Å²) >= 11 is 0. The minimum Gasteiger partial charge on any atom is -0.351 e. The van der Waals surface area contributed by atoms with E-state index in [4.69, 9.17) is 5.73 Å². The highest BCUT2D eigenvalue weighted by molar-refractivity contribution is 5.81. The third kappa shape index (κ3) is 1.88. The van der Waals surface area contributed by atoms with E-state index in [1.165, 1.54) is 19.3 Å². The van der Waals surface area contributed by atoms with E-state index in [9.17, 15) is 4.79 Å². The maximum absolute atomic E-state index is 12.0. The summed E-state index contributed by atoms with van der Waals surface area (Å²) in [4.78, 5) is 12.0. The summed E-state index contributed by atoms with van der Waals surface area (Å²) < 4.78 is 0. The van der Waals surface area contributed by atoms with E-state index in [1.54, 1.807) is 0 Å². The van der Waals surface area contributed by atoms with Gasteiger partial charge in [-0.2, -0.15) is 0 Å². The lowest BCUT2D eigenvalue weighted by molar-refractivity contribution is -0.125. The van der Waals surface area contributed by atoms with Crippen LogP contribution in [-0.2, 0) is 4.79 Å². The number of hydrogen-bond donors (Lipinski definition) is 2. The first-order chi connectivity index (χ1) is 7.81. The van der Waals surface area contributed by atoms with Crippen LogP contribution in [0.25, 0.3) is 0 Å². The van der Waals surface area contributed by atoms with E-state index < -0.39 is 0 Å². The van der Waals surface area contributed by atoms with E-state index in [1.807, 2.05) is 6.92 Å². The lowest BCUT2D eigenvalue weighted by Crippen LogP contribution is -2.55. The average Bonchev–Trinajstić information content (AvgIpc) is 2.74. The van der Waals surface area contributed by atoms with E-state index in [0.717, 1.165) is 5.92 Å². The summed E-state index contributed by atoms with van der Waals surface area (Å²) in [5.74, 6) is 0.787. The fourth-order valence-electron chi connectivity index (χ4n) is 4.10. The molecule has 0 aromatic rings. The molecule has 4 atom stereocenters. The van der Waals surface area contributed by atoms with Gasteiger partial charge in [0.15, 0.2) is 0 Å². The monoisotopic (exact) mass is 238 g/mol. The van der Waals surface area contributed by atoms with Crippen LogP contribution < -0.4 is 11.1 Å². The Morgan fingerprint density at radius 3 is 2.59 bits per heavy atom. The molecule has 0 aromatic heterocycles. The number of hydrogen-bond acceptors (Lipinski definition) is 2. The van der Waals surface area contributed by atoms with Gasteiger partial charge in [0.1, 0.15) is 0 Å². The van der Waals surface area contributed by atoms with Crippen molar-refractivity contribution in [1.29, 1.82) is 0 Å². The molecule has 2 rings (SSSR count). The zero-order valence-electron chi connectivity index (χ0n) is 11.5. The average molecular weight is 238 g/mol. The second-order valence-electron chi connectivity index (χ2n) is 6.87. The molecule has 3 N–H and O–H groups in total. The topological polar surface area (TPSA) is 55.1 Å². The third-order valence-corrected chi connectivity index (χ3v) is 5.33. The first-order valence-electron chi connectivity index (χ1n) is 6.87. The van der Waals surface area contributed by atoms with Crippen molar-refractivity contribution < 1.29 is 4.79 Å². The summed E-state index contributed by atoms with van der Waals surface area (Å²) in [6.45, 7) is 8.87. The summed E-state index contributed by atoms with van der Waals surface area (Å²) in [5.41, 5.74) is 6.32. The van der Waals surface area contributed by atoms with Gasteiger partial charge in [-0.05, 0) is 42.4 Å². The van der Waals surface area contributed by atoms with Crippen LogP contribution >= 0.6 is 0 Å². The van der Waals surface area contributed by atoms with Gasteiger partial charge < -0.3 is 11.1 Å². The Morgan fingerprint density at radius 2 is 2.12 bits per heavy atom. The molecule has 0 spiro atoms. The fraction of sp³-hybridized carbons (Fsp3) is 0.929. The van der Waals surface area contributed by atoms with Crippen LogP contribution in [0.4, 0.5) is 0 Å². The molecule has 17 heavy (non-hydrogen) atoms. The van der Waals surface area contributed by atoms with Crippen molar-refractivity contribution in [2.45, 2.75) is 65.5 Å². The number of carbonyl (C=O) groups excluding carboxylic acids is 1. The lowest BCUT2D eigenvalue weighted by atomic mass is 9.68. The van der Waals surface area contributed by atoms with Gasteiger partial charge in [0.25, 0.3) is 0 Å². The maximum atomic E-state index is 12.0. The highest BCUT2D eigenvalue weighted by Gasteiger charge is 2.59. The summed E-state index contributed by atoms with van der Waals surface area (Å²) in [5, 5.41) is 3.23. The quantitative estimate of drug-likeness (QED) is 0.790. The Kier molecular flexibility index (Phi) is 3.01. The molecular formula is C14H26N2O. The number of fused-ring (bicyclic) bond motifs is 2. The molecule has 2 fully saturated rings.